The Hall–Kier alpha value is -2.36. The first-order chi connectivity index (χ1) is 9.02. The minimum absolute atomic E-state index is 0.118. The summed E-state index contributed by atoms with van der Waals surface area (Å²) >= 11 is 0. The standard InChI is InChI=1S/C15H15NO3/c1-9-4-5-11(10(2)6-9)13-7-12(15(17)18)14(19-3)8-16-13/h4-8H,1-3H3,(H,17,18). The number of nitrogens with zero attached hydrogens (tertiary/aromatic N) is 1. The maximum atomic E-state index is 11.2. The van der Waals surface area contributed by atoms with Crippen molar-refractivity contribution >= 4 is 5.97 Å². The largest absolute Gasteiger partial charge is 0.494 e. The number of ether oxygens (including phenoxy) is 1. The summed E-state index contributed by atoms with van der Waals surface area (Å²) in [6.45, 7) is 4.00. The predicted molar refractivity (Wildman–Crippen MR) is 72.7 cm³/mol. The molecule has 0 saturated heterocycles. The minimum atomic E-state index is -1.02. The molecule has 1 aromatic carbocycles. The monoisotopic (exact) mass is 257 g/mol. The van der Waals surface area contributed by atoms with E-state index >= 15 is 0 Å². The molecular formula is C15H15NO3. The van der Waals surface area contributed by atoms with Crippen molar-refractivity contribution in [2.24, 2.45) is 0 Å². The first kappa shape index (κ1) is 13.1. The van der Waals surface area contributed by atoms with Gasteiger partial charge in [0.15, 0.2) is 5.75 Å². The van der Waals surface area contributed by atoms with Crippen LogP contribution in [0.3, 0.4) is 0 Å². The summed E-state index contributed by atoms with van der Waals surface area (Å²) in [7, 11) is 1.43. The van der Waals surface area contributed by atoms with Crippen molar-refractivity contribution in [1.82, 2.24) is 4.98 Å². The number of carboxylic acid groups (broad SMARTS) is 1. The maximum absolute atomic E-state index is 11.2. The Morgan fingerprint density at radius 3 is 2.58 bits per heavy atom. The molecule has 0 radical (unpaired) electrons. The zero-order valence-electron chi connectivity index (χ0n) is 11.1. The number of benzene rings is 1. The van der Waals surface area contributed by atoms with E-state index in [2.05, 4.69) is 4.98 Å². The van der Waals surface area contributed by atoms with E-state index in [-0.39, 0.29) is 11.3 Å². The SMILES string of the molecule is COc1cnc(-c2ccc(C)cc2C)cc1C(=O)O. The van der Waals surface area contributed by atoms with Gasteiger partial charge in [-0.1, -0.05) is 23.8 Å². The number of rotatable bonds is 3. The lowest BCUT2D eigenvalue weighted by Gasteiger charge is -2.09. The predicted octanol–water partition coefficient (Wildman–Crippen LogP) is 3.07. The van der Waals surface area contributed by atoms with Crippen LogP contribution in [0.25, 0.3) is 11.3 Å². The summed E-state index contributed by atoms with van der Waals surface area (Å²) in [4.78, 5) is 15.5. The average molecular weight is 257 g/mol. The quantitative estimate of drug-likeness (QED) is 0.918. The van der Waals surface area contributed by atoms with Crippen LogP contribution in [0.15, 0.2) is 30.5 Å². The highest BCUT2D eigenvalue weighted by atomic mass is 16.5. The summed E-state index contributed by atoms with van der Waals surface area (Å²) in [6.07, 6.45) is 1.44. The van der Waals surface area contributed by atoms with Gasteiger partial charge in [-0.25, -0.2) is 4.79 Å². The van der Waals surface area contributed by atoms with E-state index in [0.29, 0.717) is 5.69 Å². The summed E-state index contributed by atoms with van der Waals surface area (Å²) in [5, 5.41) is 9.17. The van der Waals surface area contributed by atoms with Gasteiger partial charge in [-0.15, -0.1) is 0 Å². The molecule has 0 spiro atoms. The van der Waals surface area contributed by atoms with Crippen molar-refractivity contribution in [3.8, 4) is 17.0 Å². The molecule has 0 fully saturated rings. The second kappa shape index (κ2) is 5.10. The molecule has 0 aliphatic carbocycles. The van der Waals surface area contributed by atoms with Crippen molar-refractivity contribution in [2.75, 3.05) is 7.11 Å². The number of hydrogen-bond acceptors (Lipinski definition) is 3. The number of pyridine rings is 1. The fourth-order valence-corrected chi connectivity index (χ4v) is 2.02. The van der Waals surface area contributed by atoms with Gasteiger partial charge in [-0.05, 0) is 25.5 Å². The Morgan fingerprint density at radius 1 is 1.26 bits per heavy atom. The first-order valence-corrected chi connectivity index (χ1v) is 5.88. The van der Waals surface area contributed by atoms with Gasteiger partial charge in [0.2, 0.25) is 0 Å². The molecule has 1 aromatic heterocycles. The highest BCUT2D eigenvalue weighted by Gasteiger charge is 2.14. The fraction of sp³-hybridized carbons (Fsp3) is 0.200. The first-order valence-electron chi connectivity index (χ1n) is 5.88. The van der Waals surface area contributed by atoms with Gasteiger partial charge in [0.05, 0.1) is 19.0 Å². The van der Waals surface area contributed by atoms with E-state index in [9.17, 15) is 9.90 Å². The van der Waals surface area contributed by atoms with Gasteiger partial charge < -0.3 is 9.84 Å². The van der Waals surface area contributed by atoms with Gasteiger partial charge in [0.25, 0.3) is 0 Å². The lowest BCUT2D eigenvalue weighted by Crippen LogP contribution is -2.02. The maximum Gasteiger partial charge on any atom is 0.339 e. The Balaban J connectivity index is 2.57. The third kappa shape index (κ3) is 2.57. The van der Waals surface area contributed by atoms with Crippen molar-refractivity contribution < 1.29 is 14.6 Å². The van der Waals surface area contributed by atoms with E-state index in [1.165, 1.54) is 13.3 Å². The van der Waals surface area contributed by atoms with Crippen molar-refractivity contribution in [3.05, 3.63) is 47.2 Å². The zero-order valence-corrected chi connectivity index (χ0v) is 11.1. The lowest BCUT2D eigenvalue weighted by atomic mass is 10.0. The summed E-state index contributed by atoms with van der Waals surface area (Å²) < 4.78 is 5.00. The van der Waals surface area contributed by atoms with Crippen molar-refractivity contribution in [1.29, 1.82) is 0 Å². The lowest BCUT2D eigenvalue weighted by molar-refractivity contribution is 0.0693. The van der Waals surface area contributed by atoms with E-state index < -0.39 is 5.97 Å². The Morgan fingerprint density at radius 2 is 2.00 bits per heavy atom. The second-order valence-electron chi connectivity index (χ2n) is 4.39. The summed E-state index contributed by atoms with van der Waals surface area (Å²) in [5.41, 5.74) is 3.90. The molecule has 4 heteroatoms. The highest BCUT2D eigenvalue weighted by molar-refractivity contribution is 5.92. The topological polar surface area (TPSA) is 59.4 Å². The molecule has 0 unspecified atom stereocenters. The number of methoxy groups -OCH3 is 1. The summed E-state index contributed by atoms with van der Waals surface area (Å²) in [6, 6.07) is 7.51. The van der Waals surface area contributed by atoms with Crippen LogP contribution in [-0.2, 0) is 0 Å². The molecule has 0 saturated carbocycles. The van der Waals surface area contributed by atoms with Crippen LogP contribution in [0.1, 0.15) is 21.5 Å². The Kier molecular flexibility index (Phi) is 3.51. The molecule has 19 heavy (non-hydrogen) atoms. The third-order valence-corrected chi connectivity index (χ3v) is 2.98. The van der Waals surface area contributed by atoms with E-state index in [4.69, 9.17) is 4.74 Å². The van der Waals surface area contributed by atoms with Crippen molar-refractivity contribution in [3.63, 3.8) is 0 Å². The molecule has 0 bridgehead atoms. The minimum Gasteiger partial charge on any atom is -0.494 e. The number of aromatic nitrogens is 1. The van der Waals surface area contributed by atoms with Crippen LogP contribution >= 0.6 is 0 Å². The smallest absolute Gasteiger partial charge is 0.339 e. The fourth-order valence-electron chi connectivity index (χ4n) is 2.02. The van der Waals surface area contributed by atoms with Gasteiger partial charge in [0.1, 0.15) is 5.56 Å². The average Bonchev–Trinajstić information content (AvgIpc) is 2.38. The second-order valence-corrected chi connectivity index (χ2v) is 4.39. The molecule has 4 nitrogen and oxygen atoms in total. The van der Waals surface area contributed by atoms with Gasteiger partial charge in [-0.3, -0.25) is 4.98 Å². The van der Waals surface area contributed by atoms with Crippen LogP contribution in [0, 0.1) is 13.8 Å². The molecule has 0 aliphatic rings. The summed E-state index contributed by atoms with van der Waals surface area (Å²) in [5.74, 6) is -0.758. The zero-order chi connectivity index (χ0) is 14.0. The molecule has 0 aliphatic heterocycles. The van der Waals surface area contributed by atoms with Crippen LogP contribution in [-0.4, -0.2) is 23.2 Å². The third-order valence-electron chi connectivity index (χ3n) is 2.98. The highest BCUT2D eigenvalue weighted by Crippen LogP contribution is 2.26. The van der Waals surface area contributed by atoms with Crippen LogP contribution in [0.4, 0.5) is 0 Å². The number of carboxylic acids is 1. The number of aryl methyl sites for hydroxylation is 2. The van der Waals surface area contributed by atoms with Gasteiger partial charge in [0, 0.05) is 5.56 Å². The van der Waals surface area contributed by atoms with Crippen LogP contribution in [0.5, 0.6) is 5.75 Å². The molecular weight excluding hydrogens is 242 g/mol. The normalized spacial score (nSPS) is 10.3. The van der Waals surface area contributed by atoms with Crippen LogP contribution in [0.2, 0.25) is 0 Å². The molecule has 1 heterocycles. The number of hydrogen-bond donors (Lipinski definition) is 1. The van der Waals surface area contributed by atoms with E-state index in [0.717, 1.165) is 16.7 Å². The molecule has 98 valence electrons. The van der Waals surface area contributed by atoms with Gasteiger partial charge in [-0.2, -0.15) is 0 Å². The molecule has 2 rings (SSSR count). The number of aromatic carboxylic acids is 1. The Bertz CT molecular complexity index is 635. The van der Waals surface area contributed by atoms with E-state index in [1.807, 2.05) is 32.0 Å². The molecule has 2 aromatic rings. The Labute approximate surface area is 111 Å². The van der Waals surface area contributed by atoms with Gasteiger partial charge >= 0.3 is 5.97 Å². The van der Waals surface area contributed by atoms with Crippen LogP contribution < -0.4 is 4.74 Å². The van der Waals surface area contributed by atoms with E-state index in [1.54, 1.807) is 6.07 Å². The van der Waals surface area contributed by atoms with Crippen molar-refractivity contribution in [2.45, 2.75) is 13.8 Å². The molecule has 0 amide bonds. The molecule has 1 N–H and O–H groups in total. The molecule has 0 atom stereocenters. The number of carbonyl (C=O) groups is 1.